The predicted molar refractivity (Wildman–Crippen MR) is 113 cm³/mol. The molecule has 0 amide bonds. The Morgan fingerprint density at radius 2 is 1.86 bits per heavy atom. The van der Waals surface area contributed by atoms with Crippen LogP contribution in [0.1, 0.15) is 22.9 Å². The van der Waals surface area contributed by atoms with E-state index >= 15 is 0 Å². The van der Waals surface area contributed by atoms with Crippen LogP contribution in [0.4, 0.5) is 0 Å². The number of rotatable bonds is 9. The second-order valence-corrected chi connectivity index (χ2v) is 7.01. The molecule has 28 heavy (non-hydrogen) atoms. The molecule has 144 valence electrons. The third-order valence-corrected chi connectivity index (χ3v) is 4.99. The Morgan fingerprint density at radius 3 is 2.54 bits per heavy atom. The van der Waals surface area contributed by atoms with Gasteiger partial charge in [-0.25, -0.2) is 4.79 Å². The number of hydrogen-bond donors (Lipinski definition) is 1. The molecule has 3 rings (SSSR count). The van der Waals surface area contributed by atoms with Gasteiger partial charge in [-0.15, -0.1) is 11.3 Å². The van der Waals surface area contributed by atoms with Gasteiger partial charge in [0.05, 0.1) is 18.8 Å². The summed E-state index contributed by atoms with van der Waals surface area (Å²) < 4.78 is 11.6. The van der Waals surface area contributed by atoms with Gasteiger partial charge in [-0.1, -0.05) is 42.5 Å². The molecule has 0 fully saturated rings. The molecule has 4 nitrogen and oxygen atoms in total. The number of carboxylic acids is 1. The molecule has 0 radical (unpaired) electrons. The molecule has 0 aliphatic rings. The highest BCUT2D eigenvalue weighted by atomic mass is 32.1. The third-order valence-electron chi connectivity index (χ3n) is 4.09. The largest absolute Gasteiger partial charge is 0.490 e. The summed E-state index contributed by atoms with van der Waals surface area (Å²) >= 11 is 1.40. The number of benzene rings is 2. The lowest BCUT2D eigenvalue weighted by Gasteiger charge is -2.13. The molecule has 0 unspecified atom stereocenters. The van der Waals surface area contributed by atoms with Crippen molar-refractivity contribution < 1.29 is 19.4 Å². The van der Waals surface area contributed by atoms with Crippen LogP contribution in [0.3, 0.4) is 0 Å². The predicted octanol–water partition coefficient (Wildman–Crippen LogP) is 5.39. The Bertz CT molecular complexity index is 931. The van der Waals surface area contributed by atoms with Crippen LogP contribution in [0, 0.1) is 0 Å². The van der Waals surface area contributed by atoms with Gasteiger partial charge in [0.1, 0.15) is 0 Å². The summed E-state index contributed by atoms with van der Waals surface area (Å²) in [5, 5.41) is 11.4. The van der Waals surface area contributed by atoms with Crippen LogP contribution in [0.25, 0.3) is 11.6 Å². The fourth-order valence-corrected chi connectivity index (χ4v) is 3.50. The first-order chi connectivity index (χ1) is 13.7. The van der Waals surface area contributed by atoms with Gasteiger partial charge in [0.2, 0.25) is 0 Å². The Morgan fingerprint density at radius 1 is 1.04 bits per heavy atom. The Hall–Kier alpha value is -3.05. The molecular formula is C23H22O4S. The monoisotopic (exact) mass is 394 g/mol. The van der Waals surface area contributed by atoms with Gasteiger partial charge in [-0.2, -0.15) is 0 Å². The maximum absolute atomic E-state index is 11.6. The highest BCUT2D eigenvalue weighted by Gasteiger charge is 2.13. The van der Waals surface area contributed by atoms with E-state index in [1.165, 1.54) is 16.9 Å². The number of ether oxygens (including phenoxy) is 2. The topological polar surface area (TPSA) is 55.8 Å². The molecule has 2 aromatic carbocycles. The lowest BCUT2D eigenvalue weighted by molar-refractivity contribution is -0.130. The van der Waals surface area contributed by atoms with Crippen molar-refractivity contribution in [3.8, 4) is 11.5 Å². The molecule has 1 heterocycles. The van der Waals surface area contributed by atoms with Crippen molar-refractivity contribution >= 4 is 29.0 Å². The van der Waals surface area contributed by atoms with E-state index in [1.54, 1.807) is 12.1 Å². The maximum atomic E-state index is 11.6. The van der Waals surface area contributed by atoms with Crippen LogP contribution in [0.2, 0.25) is 0 Å². The second-order valence-electron chi connectivity index (χ2n) is 6.06. The van der Waals surface area contributed by atoms with Crippen molar-refractivity contribution in [1.82, 2.24) is 0 Å². The van der Waals surface area contributed by atoms with E-state index in [0.29, 0.717) is 29.6 Å². The summed E-state index contributed by atoms with van der Waals surface area (Å²) in [6.45, 7) is 2.94. The number of aliphatic carboxylic acids is 1. The third kappa shape index (κ3) is 5.24. The van der Waals surface area contributed by atoms with Gasteiger partial charge in [-0.05, 0) is 47.7 Å². The van der Waals surface area contributed by atoms with Gasteiger partial charge in [0, 0.05) is 11.3 Å². The zero-order valence-corrected chi connectivity index (χ0v) is 16.4. The number of carbonyl (C=O) groups is 1. The van der Waals surface area contributed by atoms with E-state index in [4.69, 9.17) is 9.47 Å². The van der Waals surface area contributed by atoms with Crippen LogP contribution in [0.5, 0.6) is 11.5 Å². The molecule has 0 bridgehead atoms. The molecule has 0 atom stereocenters. The van der Waals surface area contributed by atoms with Gasteiger partial charge >= 0.3 is 5.97 Å². The van der Waals surface area contributed by atoms with E-state index in [1.807, 2.05) is 54.8 Å². The van der Waals surface area contributed by atoms with E-state index < -0.39 is 5.97 Å². The molecule has 3 aromatic rings. The first-order valence-electron chi connectivity index (χ1n) is 9.10. The minimum Gasteiger partial charge on any atom is -0.490 e. The van der Waals surface area contributed by atoms with Crippen LogP contribution in [-0.4, -0.2) is 24.3 Å². The van der Waals surface area contributed by atoms with Crippen molar-refractivity contribution in [3.05, 3.63) is 82.0 Å². The van der Waals surface area contributed by atoms with Crippen molar-refractivity contribution in [2.75, 3.05) is 13.2 Å². The highest BCUT2D eigenvalue weighted by Crippen LogP contribution is 2.31. The fourth-order valence-electron chi connectivity index (χ4n) is 2.76. The molecule has 1 N–H and O–H groups in total. The highest BCUT2D eigenvalue weighted by molar-refractivity contribution is 7.11. The van der Waals surface area contributed by atoms with Gasteiger partial charge in [0.25, 0.3) is 0 Å². The molecular weight excluding hydrogens is 372 g/mol. The Labute approximate surface area is 168 Å². The van der Waals surface area contributed by atoms with E-state index in [2.05, 4.69) is 12.1 Å². The molecule has 1 aromatic heterocycles. The van der Waals surface area contributed by atoms with Crippen molar-refractivity contribution in [1.29, 1.82) is 0 Å². The van der Waals surface area contributed by atoms with Gasteiger partial charge < -0.3 is 14.6 Å². The Balaban J connectivity index is 1.78. The van der Waals surface area contributed by atoms with Crippen molar-refractivity contribution in [2.24, 2.45) is 0 Å². The van der Waals surface area contributed by atoms with Crippen LogP contribution >= 0.6 is 11.3 Å². The SMILES string of the molecule is CCOc1cc(/C=C(\C(=O)O)c2cccs2)ccc1OCCc1ccccc1. The van der Waals surface area contributed by atoms with Crippen LogP contribution in [0.15, 0.2) is 66.0 Å². The summed E-state index contributed by atoms with van der Waals surface area (Å²) in [7, 11) is 0. The second kappa shape index (κ2) is 9.76. The number of thiophene rings is 1. The van der Waals surface area contributed by atoms with Crippen LogP contribution in [-0.2, 0) is 11.2 Å². The van der Waals surface area contributed by atoms with E-state index in [0.717, 1.165) is 12.0 Å². The zero-order valence-electron chi connectivity index (χ0n) is 15.6. The first kappa shape index (κ1) is 19.7. The smallest absolute Gasteiger partial charge is 0.337 e. The first-order valence-corrected chi connectivity index (χ1v) is 9.97. The molecule has 0 aliphatic heterocycles. The fraction of sp³-hybridized carbons (Fsp3) is 0.174. The maximum Gasteiger partial charge on any atom is 0.337 e. The summed E-state index contributed by atoms with van der Waals surface area (Å²) in [6, 6.07) is 19.3. The lowest BCUT2D eigenvalue weighted by Crippen LogP contribution is -2.04. The van der Waals surface area contributed by atoms with E-state index in [-0.39, 0.29) is 5.57 Å². The van der Waals surface area contributed by atoms with E-state index in [9.17, 15) is 9.90 Å². The summed E-state index contributed by atoms with van der Waals surface area (Å²) in [6.07, 6.45) is 2.46. The van der Waals surface area contributed by atoms with Gasteiger partial charge in [-0.3, -0.25) is 0 Å². The molecule has 5 heteroatoms. The summed E-state index contributed by atoms with van der Waals surface area (Å²) in [4.78, 5) is 12.4. The minimum absolute atomic E-state index is 0.259. The van der Waals surface area contributed by atoms with Crippen LogP contribution < -0.4 is 9.47 Å². The van der Waals surface area contributed by atoms with Crippen molar-refractivity contribution in [3.63, 3.8) is 0 Å². The Kier molecular flexibility index (Phi) is 6.87. The van der Waals surface area contributed by atoms with Crippen molar-refractivity contribution in [2.45, 2.75) is 13.3 Å². The zero-order chi connectivity index (χ0) is 19.8. The average molecular weight is 394 g/mol. The standard InChI is InChI=1S/C23H22O4S/c1-2-26-21-16-18(15-19(23(24)25)22-9-6-14-28-22)10-11-20(21)27-13-12-17-7-4-3-5-8-17/h3-11,14-16H,2,12-13H2,1H3,(H,24,25)/b19-15-. The average Bonchev–Trinajstić information content (AvgIpc) is 3.23. The number of carboxylic acid groups (broad SMARTS) is 1. The lowest BCUT2D eigenvalue weighted by atomic mass is 10.1. The molecule has 0 saturated carbocycles. The minimum atomic E-state index is -0.955. The quantitative estimate of drug-likeness (QED) is 0.494. The molecule has 0 spiro atoms. The normalized spacial score (nSPS) is 11.2. The molecule has 0 aliphatic carbocycles. The number of hydrogen-bond acceptors (Lipinski definition) is 4. The molecule has 0 saturated heterocycles. The summed E-state index contributed by atoms with van der Waals surface area (Å²) in [5.74, 6) is 0.312. The summed E-state index contributed by atoms with van der Waals surface area (Å²) in [5.41, 5.74) is 2.22. The van der Waals surface area contributed by atoms with Gasteiger partial charge in [0.15, 0.2) is 11.5 Å².